The third-order valence-corrected chi connectivity index (χ3v) is 13.5. The van der Waals surface area contributed by atoms with Crippen LogP contribution in [-0.4, -0.2) is 18.0 Å². The van der Waals surface area contributed by atoms with Gasteiger partial charge in [0.1, 0.15) is 0 Å². The predicted molar refractivity (Wildman–Crippen MR) is 240 cm³/mol. The molecule has 56 heavy (non-hydrogen) atoms. The average molecular weight is 937 g/mol. The Labute approximate surface area is 349 Å². The molecule has 1 radical (unpaired) electrons. The zero-order valence-electron chi connectivity index (χ0n) is 32.6. The van der Waals surface area contributed by atoms with E-state index >= 15 is 0 Å². The second-order valence-electron chi connectivity index (χ2n) is 15.5. The number of hydrogen-bond donors (Lipinski definition) is 0. The van der Waals surface area contributed by atoms with E-state index in [0.717, 1.165) is 28.1 Å². The van der Waals surface area contributed by atoms with Gasteiger partial charge in [0.05, 0.1) is 8.07 Å². The molecule has 5 heteroatoms. The predicted octanol–water partition coefficient (Wildman–Crippen LogP) is 13.9. The summed E-state index contributed by atoms with van der Waals surface area (Å²) in [5.74, 6) is 0.534. The zero-order valence-corrected chi connectivity index (χ0v) is 36.9. The van der Waals surface area contributed by atoms with Gasteiger partial charge in [0.25, 0.3) is 0 Å². The number of thiophene rings is 1. The van der Waals surface area contributed by atoms with Gasteiger partial charge in [0, 0.05) is 37.2 Å². The number of fused-ring (bicyclic) bond motifs is 4. The van der Waals surface area contributed by atoms with Crippen LogP contribution in [0.25, 0.3) is 75.7 Å². The van der Waals surface area contributed by atoms with E-state index in [9.17, 15) is 0 Å². The molecule has 0 saturated heterocycles. The molecule has 0 aliphatic heterocycles. The molecular formula is C51H44IrN2SSi-2. The summed E-state index contributed by atoms with van der Waals surface area (Å²) in [5.41, 5.74) is 11.7. The van der Waals surface area contributed by atoms with Crippen molar-refractivity contribution in [2.24, 2.45) is 0 Å². The fourth-order valence-electron chi connectivity index (χ4n) is 7.44. The van der Waals surface area contributed by atoms with E-state index in [0.29, 0.717) is 5.92 Å². The van der Waals surface area contributed by atoms with Gasteiger partial charge in [-0.05, 0) is 71.7 Å². The summed E-state index contributed by atoms with van der Waals surface area (Å²) in [6, 6.07) is 55.9. The van der Waals surface area contributed by atoms with E-state index in [2.05, 4.69) is 179 Å². The molecule has 0 fully saturated rings. The fraction of sp³-hybridized carbons (Fsp3) is 0.137. The Morgan fingerprint density at radius 2 is 1.38 bits per heavy atom. The van der Waals surface area contributed by atoms with Gasteiger partial charge in [-0.3, -0.25) is 0 Å². The monoisotopic (exact) mass is 937 g/mol. The maximum absolute atomic E-state index is 4.85. The van der Waals surface area contributed by atoms with E-state index < -0.39 is 8.07 Å². The summed E-state index contributed by atoms with van der Waals surface area (Å²) < 4.78 is 2.54. The van der Waals surface area contributed by atoms with Crippen molar-refractivity contribution in [3.63, 3.8) is 0 Å². The third kappa shape index (κ3) is 7.96. The van der Waals surface area contributed by atoms with Crippen LogP contribution in [0.15, 0.2) is 152 Å². The first-order valence-electron chi connectivity index (χ1n) is 19.0. The van der Waals surface area contributed by atoms with Crippen LogP contribution in [0, 0.1) is 19.1 Å². The molecule has 0 unspecified atom stereocenters. The minimum absolute atomic E-state index is 0. The number of aromatic nitrogens is 2. The van der Waals surface area contributed by atoms with E-state index in [1.807, 2.05) is 41.8 Å². The maximum atomic E-state index is 4.85. The zero-order chi connectivity index (χ0) is 38.1. The summed E-state index contributed by atoms with van der Waals surface area (Å²) in [5, 5.41) is 6.63. The molecule has 2 nitrogen and oxygen atoms in total. The molecule has 9 aromatic rings. The molecule has 3 heterocycles. The van der Waals surface area contributed by atoms with Crippen LogP contribution in [0.1, 0.15) is 30.9 Å². The summed E-state index contributed by atoms with van der Waals surface area (Å²) in [4.78, 5) is 9.51. The van der Waals surface area contributed by atoms with Crippen LogP contribution in [0.5, 0.6) is 0 Å². The normalized spacial score (nSPS) is 11.4. The summed E-state index contributed by atoms with van der Waals surface area (Å²) in [7, 11) is -1.34. The van der Waals surface area contributed by atoms with E-state index in [-0.39, 0.29) is 20.1 Å². The van der Waals surface area contributed by atoms with Crippen molar-refractivity contribution >= 4 is 55.5 Å². The Kier molecular flexibility index (Phi) is 11.6. The van der Waals surface area contributed by atoms with Crippen molar-refractivity contribution in [3.05, 3.63) is 175 Å². The van der Waals surface area contributed by atoms with Crippen LogP contribution < -0.4 is 5.19 Å². The van der Waals surface area contributed by atoms with Gasteiger partial charge >= 0.3 is 0 Å². The van der Waals surface area contributed by atoms with Gasteiger partial charge in [-0.25, -0.2) is 0 Å². The van der Waals surface area contributed by atoms with Gasteiger partial charge in [0.15, 0.2) is 0 Å². The van der Waals surface area contributed by atoms with Crippen LogP contribution in [0.2, 0.25) is 19.6 Å². The number of benzene rings is 6. The molecule has 279 valence electrons. The molecule has 0 amide bonds. The Bertz CT molecular complexity index is 2760. The van der Waals surface area contributed by atoms with Crippen molar-refractivity contribution in [1.82, 2.24) is 9.97 Å². The molecule has 0 aliphatic rings. The number of hydrogen-bond acceptors (Lipinski definition) is 3. The van der Waals surface area contributed by atoms with Crippen molar-refractivity contribution < 1.29 is 20.1 Å². The minimum Gasteiger partial charge on any atom is -0.305 e. The topological polar surface area (TPSA) is 25.8 Å². The van der Waals surface area contributed by atoms with E-state index in [4.69, 9.17) is 4.98 Å². The number of aryl methyl sites for hydroxylation is 1. The van der Waals surface area contributed by atoms with E-state index in [1.54, 1.807) is 0 Å². The molecule has 3 aromatic heterocycles. The Balaban J connectivity index is 0.000000205. The molecule has 9 rings (SSSR count). The van der Waals surface area contributed by atoms with Crippen molar-refractivity contribution in [3.8, 4) is 44.8 Å². The number of nitrogens with zero attached hydrogens (tertiary/aromatic N) is 2. The van der Waals surface area contributed by atoms with Crippen molar-refractivity contribution in [1.29, 1.82) is 0 Å². The number of rotatable bonds is 6. The van der Waals surface area contributed by atoms with Gasteiger partial charge in [-0.15, -0.1) is 59.2 Å². The standard InChI is InChI=1S/C34H22NS.C17H22NSi.Ir/c1-22-14-17-29(31-19-16-26(21-35-31)23-8-3-2-4-9-23)34-33(22)30-18-15-25(20-32(30)36-34)28-13-7-11-24-10-5-6-12-27(24)28;1-13(2)15-11-16(14-9-7-6-8-10-14)18-12-17(15)19(3,4)5;/h2-16,18-21H,1H3;6-9,11-13H,1-5H3;/q2*-1;. The third-order valence-electron chi connectivity index (χ3n) is 10.3. The van der Waals surface area contributed by atoms with Gasteiger partial charge in [-0.1, -0.05) is 154 Å². The first-order valence-corrected chi connectivity index (χ1v) is 23.3. The summed E-state index contributed by atoms with van der Waals surface area (Å²) in [6.45, 7) is 13.8. The van der Waals surface area contributed by atoms with Gasteiger partial charge < -0.3 is 9.97 Å². The minimum atomic E-state index is -1.34. The first-order chi connectivity index (χ1) is 26.7. The SMILES string of the molecule is CC(C)c1cc(-c2[c-]cccc2)ncc1[Si](C)(C)C.Cc1c[c-]c(-c2ccc(-c3ccccc3)cn2)c2sc3cc(-c4cccc5ccccc45)ccc3c12.[Ir]. The molecule has 0 saturated carbocycles. The molecule has 6 aromatic carbocycles. The second-order valence-corrected chi connectivity index (χ2v) is 21.6. The fourth-order valence-corrected chi connectivity index (χ4v) is 10.4. The molecule has 0 bridgehead atoms. The second kappa shape index (κ2) is 16.6. The van der Waals surface area contributed by atoms with Gasteiger partial charge in [-0.2, -0.15) is 11.3 Å². The Morgan fingerprint density at radius 1 is 0.643 bits per heavy atom. The van der Waals surface area contributed by atoms with Crippen molar-refractivity contribution in [2.75, 3.05) is 0 Å². The van der Waals surface area contributed by atoms with Crippen LogP contribution in [-0.2, 0) is 20.1 Å². The van der Waals surface area contributed by atoms with Crippen LogP contribution in [0.3, 0.4) is 0 Å². The smallest absolute Gasteiger partial charge is 0.0799 e. The molecular weight excluding hydrogens is 893 g/mol. The van der Waals surface area contributed by atoms with Crippen LogP contribution >= 0.6 is 11.3 Å². The quantitative estimate of drug-likeness (QED) is 0.123. The summed E-state index contributed by atoms with van der Waals surface area (Å²) in [6.07, 6.45) is 4.06. The first kappa shape index (κ1) is 39.2. The van der Waals surface area contributed by atoms with Gasteiger partial charge in [0.2, 0.25) is 0 Å². The molecule has 0 atom stereocenters. The van der Waals surface area contributed by atoms with Crippen molar-refractivity contribution in [2.45, 2.75) is 46.3 Å². The average Bonchev–Trinajstić information content (AvgIpc) is 3.61. The Morgan fingerprint density at radius 3 is 2.11 bits per heavy atom. The molecule has 0 spiro atoms. The number of pyridine rings is 2. The van der Waals surface area contributed by atoms with E-state index in [1.165, 1.54) is 63.9 Å². The molecule has 0 aliphatic carbocycles. The Hall–Kier alpha value is -5.03. The summed E-state index contributed by atoms with van der Waals surface area (Å²) >= 11 is 1.84. The van der Waals surface area contributed by atoms with Crippen LogP contribution in [0.4, 0.5) is 0 Å². The molecule has 0 N–H and O–H groups in total. The maximum Gasteiger partial charge on any atom is 0.0799 e. The largest absolute Gasteiger partial charge is 0.305 e.